The maximum Gasteiger partial charge on any atom is 0.313 e. The van der Waals surface area contributed by atoms with E-state index >= 15 is 35.1 Å². The van der Waals surface area contributed by atoms with E-state index in [2.05, 4.69) is 0 Å². The van der Waals surface area contributed by atoms with Crippen LogP contribution in [0, 0.1) is 58.2 Å². The number of nitrogens with zero attached hydrogens (tertiary/aromatic N) is 2. The average molecular weight is 725 g/mol. The fourth-order valence-electron chi connectivity index (χ4n) is 9.49. The van der Waals surface area contributed by atoms with E-state index in [1.54, 1.807) is 27.7 Å². The Kier molecular flexibility index (Phi) is 9.44. The number of rotatable bonds is 6. The highest BCUT2D eigenvalue weighted by Gasteiger charge is 2.75. The predicted octanol–water partition coefficient (Wildman–Crippen LogP) is 8.47. The quantitative estimate of drug-likeness (QED) is 0.0746. The van der Waals surface area contributed by atoms with Crippen molar-refractivity contribution >= 4 is 17.3 Å². The van der Waals surface area contributed by atoms with Crippen LogP contribution in [0.25, 0.3) is 0 Å². The lowest BCUT2D eigenvalue weighted by Gasteiger charge is -2.78. The molecule has 2 aromatic carbocycles. The van der Waals surface area contributed by atoms with Gasteiger partial charge in [0.2, 0.25) is 0 Å². The van der Waals surface area contributed by atoms with Crippen molar-refractivity contribution in [1.82, 2.24) is 5.06 Å². The lowest BCUT2D eigenvalue weighted by atomic mass is 9.23. The van der Waals surface area contributed by atoms with E-state index in [4.69, 9.17) is 9.59 Å². The first-order valence-electron chi connectivity index (χ1n) is 16.7. The maximum atomic E-state index is 16.0. The van der Waals surface area contributed by atoms with Gasteiger partial charge in [0.1, 0.15) is 34.3 Å². The first-order valence-corrected chi connectivity index (χ1v) is 16.7. The summed E-state index contributed by atoms with van der Waals surface area (Å²) in [5, 5.41) is 1.81. The van der Waals surface area contributed by atoms with Gasteiger partial charge in [0, 0.05) is 23.9 Å². The molecule has 0 amide bonds. The SMILES string of the molecule is C/C(=C\C1[B-](c2c(F)c(F)c(F)c(F)c2F)(c2c(F)c(F)c(F)c(F)c2F)O[N+]12C(C)(C)CCCC2(C)C)CON1C(C)(C)CCCC1(C)C. The third-order valence-electron chi connectivity index (χ3n) is 11.5. The molecule has 0 aliphatic carbocycles. The van der Waals surface area contributed by atoms with Crippen molar-refractivity contribution in [3.8, 4) is 0 Å². The van der Waals surface area contributed by atoms with Crippen LogP contribution >= 0.6 is 0 Å². The lowest BCUT2D eigenvalue weighted by molar-refractivity contribution is -1.19. The second-order valence-electron chi connectivity index (χ2n) is 16.6. The van der Waals surface area contributed by atoms with Crippen LogP contribution in [0.4, 0.5) is 43.9 Å². The maximum absolute atomic E-state index is 16.0. The molecule has 0 aromatic heterocycles. The van der Waals surface area contributed by atoms with Crippen LogP contribution in [0.3, 0.4) is 0 Å². The van der Waals surface area contributed by atoms with Gasteiger partial charge in [-0.1, -0.05) is 17.0 Å². The first-order chi connectivity index (χ1) is 22.8. The number of hydroxylamine groups is 5. The zero-order valence-electron chi connectivity index (χ0n) is 29.7. The Bertz CT molecular complexity index is 1600. The summed E-state index contributed by atoms with van der Waals surface area (Å²) in [5.74, 6) is -26.8. The highest BCUT2D eigenvalue weighted by Crippen LogP contribution is 2.58. The Morgan fingerprint density at radius 1 is 0.640 bits per heavy atom. The number of hydrogen-bond acceptors (Lipinski definition) is 3. The predicted molar refractivity (Wildman–Crippen MR) is 168 cm³/mol. The Labute approximate surface area is 285 Å². The summed E-state index contributed by atoms with van der Waals surface area (Å²) in [4.78, 5) is 6.30. The summed E-state index contributed by atoms with van der Waals surface area (Å²) in [6.45, 7) is 16.0. The van der Waals surface area contributed by atoms with Gasteiger partial charge in [-0.05, 0) is 93.6 Å². The molecule has 3 aliphatic heterocycles. The number of quaternary nitrogens is 1. The zero-order chi connectivity index (χ0) is 37.7. The molecule has 3 heterocycles. The molecule has 0 saturated carbocycles. The van der Waals surface area contributed by atoms with Crippen LogP contribution in [-0.2, 0) is 9.59 Å². The van der Waals surface area contributed by atoms with Gasteiger partial charge >= 0.3 is 6.35 Å². The number of halogens is 10. The first kappa shape index (κ1) is 38.6. The molecule has 50 heavy (non-hydrogen) atoms. The van der Waals surface area contributed by atoms with Gasteiger partial charge in [-0.3, -0.25) is 4.84 Å². The van der Waals surface area contributed by atoms with Crippen molar-refractivity contribution in [2.24, 2.45) is 0 Å². The van der Waals surface area contributed by atoms with Crippen molar-refractivity contribution in [2.75, 3.05) is 6.61 Å². The van der Waals surface area contributed by atoms with Crippen LogP contribution in [0.1, 0.15) is 101 Å². The van der Waals surface area contributed by atoms with E-state index in [0.29, 0.717) is 19.3 Å². The van der Waals surface area contributed by atoms with Crippen molar-refractivity contribution in [3.05, 3.63) is 69.8 Å². The van der Waals surface area contributed by atoms with Crippen molar-refractivity contribution in [1.29, 1.82) is 0 Å². The topological polar surface area (TPSA) is 21.7 Å². The van der Waals surface area contributed by atoms with Gasteiger partial charge in [-0.25, -0.2) is 48.6 Å². The van der Waals surface area contributed by atoms with Crippen molar-refractivity contribution in [2.45, 2.75) is 129 Å². The molecule has 2 aromatic rings. The monoisotopic (exact) mass is 724 g/mol. The van der Waals surface area contributed by atoms with E-state index in [0.717, 1.165) is 19.3 Å². The summed E-state index contributed by atoms with van der Waals surface area (Å²) >= 11 is 0. The smallest absolute Gasteiger partial charge is 0.313 e. The third kappa shape index (κ3) is 5.26. The van der Waals surface area contributed by atoms with Gasteiger partial charge in [0.05, 0.1) is 12.5 Å². The third-order valence-corrected chi connectivity index (χ3v) is 11.5. The Hall–Kier alpha value is -2.62. The fourth-order valence-corrected chi connectivity index (χ4v) is 9.49. The van der Waals surface area contributed by atoms with Crippen LogP contribution in [0.5, 0.6) is 0 Å². The van der Waals surface area contributed by atoms with E-state index in [1.807, 2.05) is 32.8 Å². The molecular formula is C35H43BF10N2O2. The molecule has 4 nitrogen and oxygen atoms in total. The number of benzene rings is 2. The number of hydrogen-bond donors (Lipinski definition) is 0. The van der Waals surface area contributed by atoms with E-state index in [-0.39, 0.29) is 12.2 Å². The van der Waals surface area contributed by atoms with Gasteiger partial charge in [-0.15, -0.1) is 0 Å². The van der Waals surface area contributed by atoms with Gasteiger partial charge < -0.3 is 4.76 Å². The number of piperidine rings is 2. The molecule has 3 saturated heterocycles. The summed E-state index contributed by atoms with van der Waals surface area (Å²) in [5.41, 5.74) is -6.40. The van der Waals surface area contributed by atoms with Gasteiger partial charge in [0.15, 0.2) is 34.9 Å². The molecule has 3 aliphatic rings. The molecular weight excluding hydrogens is 681 g/mol. The second-order valence-corrected chi connectivity index (χ2v) is 16.6. The summed E-state index contributed by atoms with van der Waals surface area (Å²) in [6, 6.07) is 0. The van der Waals surface area contributed by atoms with Crippen LogP contribution < -0.4 is 10.9 Å². The normalized spacial score (nSPS) is 25.1. The van der Waals surface area contributed by atoms with Gasteiger partial charge in [-0.2, -0.15) is 5.06 Å². The van der Waals surface area contributed by atoms with Crippen LogP contribution in [0.2, 0.25) is 0 Å². The molecule has 1 spiro atoms. The molecule has 0 radical (unpaired) electrons. The van der Waals surface area contributed by atoms with E-state index in [1.165, 1.54) is 13.0 Å². The Balaban J connectivity index is 1.86. The summed E-state index contributed by atoms with van der Waals surface area (Å²) in [6.07, 6.45) is 0.595. The minimum atomic E-state index is -4.49. The Morgan fingerprint density at radius 2 is 0.980 bits per heavy atom. The minimum absolute atomic E-state index is 0.204. The largest absolute Gasteiger partial charge is 0.400 e. The minimum Gasteiger partial charge on any atom is -0.400 e. The summed E-state index contributed by atoms with van der Waals surface area (Å²) in [7, 11) is 0. The molecule has 3 fully saturated rings. The van der Waals surface area contributed by atoms with Crippen molar-refractivity contribution < 1.29 is 58.1 Å². The molecule has 5 rings (SSSR count). The van der Waals surface area contributed by atoms with E-state index in [9.17, 15) is 8.78 Å². The fraction of sp³-hybridized carbons (Fsp3) is 0.600. The van der Waals surface area contributed by atoms with E-state index < -0.39 is 108 Å². The molecule has 0 bridgehead atoms. The molecule has 0 N–H and O–H groups in total. The Morgan fingerprint density at radius 3 is 1.36 bits per heavy atom. The summed E-state index contributed by atoms with van der Waals surface area (Å²) < 4.78 is 159. The van der Waals surface area contributed by atoms with Crippen LogP contribution in [0.15, 0.2) is 11.6 Å². The molecule has 1 atom stereocenters. The van der Waals surface area contributed by atoms with Crippen LogP contribution in [-0.4, -0.2) is 50.8 Å². The molecule has 1 unspecified atom stereocenters. The standard InChI is InChI=1S/C35H43BF10N2O2/c1-18(17-49-47-32(2,3)12-10-13-33(47,4)5)16-19-36(20-22(37)26(41)30(45)27(42)23(20)38,21-24(39)28(43)31(46)29(44)25(21)40)50-48(19)34(6,7)14-11-15-35(48,8)9/h16,19H,10-15,17H2,1-9H3/b18-16+. The van der Waals surface area contributed by atoms with Crippen molar-refractivity contribution in [3.63, 3.8) is 0 Å². The lowest BCUT2D eigenvalue weighted by Crippen LogP contribution is -2.98. The van der Waals surface area contributed by atoms with Gasteiger partial charge in [0.25, 0.3) is 0 Å². The highest BCUT2D eigenvalue weighted by molar-refractivity contribution is 6.99. The molecule has 15 heteroatoms. The molecule has 278 valence electrons. The highest BCUT2D eigenvalue weighted by atomic mass is 19.2. The zero-order valence-corrected chi connectivity index (χ0v) is 29.7. The second kappa shape index (κ2) is 12.2. The average Bonchev–Trinajstić information content (AvgIpc) is 3.00.